The van der Waals surface area contributed by atoms with Gasteiger partial charge in [0.25, 0.3) is 0 Å². The van der Waals surface area contributed by atoms with E-state index in [4.69, 9.17) is 9.47 Å². The zero-order chi connectivity index (χ0) is 20.1. The molecule has 0 amide bonds. The average Bonchev–Trinajstić information content (AvgIpc) is 2.64. The molecular formula is C20H34FN3O3. The second kappa shape index (κ2) is 13.3. The molecule has 1 rings (SSSR count). The molecule has 0 bridgehead atoms. The molecule has 0 aliphatic rings. The molecule has 2 unspecified atom stereocenters. The minimum Gasteiger partial charge on any atom is -0.491 e. The number of aliphatic hydroxyl groups is 1. The molecule has 0 aliphatic carbocycles. The lowest BCUT2D eigenvalue weighted by atomic mass is 10.0. The molecule has 3 N–H and O–H groups in total. The molecule has 2 atom stereocenters. The van der Waals surface area contributed by atoms with Gasteiger partial charge in [-0.05, 0) is 50.5 Å². The van der Waals surface area contributed by atoms with Crippen LogP contribution in [0.4, 0.5) is 4.39 Å². The first-order valence-corrected chi connectivity index (χ1v) is 9.66. The van der Waals surface area contributed by atoms with Gasteiger partial charge in [-0.25, -0.2) is 4.39 Å². The number of aliphatic hydroxyl groups excluding tert-OH is 1. The van der Waals surface area contributed by atoms with Crippen LogP contribution in [0.15, 0.2) is 29.3 Å². The summed E-state index contributed by atoms with van der Waals surface area (Å²) in [6.45, 7) is 10.8. The highest BCUT2D eigenvalue weighted by atomic mass is 19.1. The van der Waals surface area contributed by atoms with Gasteiger partial charge in [-0.15, -0.1) is 0 Å². The summed E-state index contributed by atoms with van der Waals surface area (Å²) in [6, 6.07) is 5.69. The molecule has 1 aromatic rings. The van der Waals surface area contributed by atoms with Gasteiger partial charge in [-0.2, -0.15) is 0 Å². The molecule has 0 radical (unpaired) electrons. The molecular weight excluding hydrogens is 349 g/mol. The number of nitrogens with zero attached hydrogens (tertiary/aromatic N) is 1. The van der Waals surface area contributed by atoms with Crippen LogP contribution in [-0.4, -0.2) is 56.1 Å². The first kappa shape index (κ1) is 23.2. The van der Waals surface area contributed by atoms with Crippen LogP contribution in [-0.2, 0) is 4.74 Å². The average molecular weight is 384 g/mol. The molecule has 0 fully saturated rings. The smallest absolute Gasteiger partial charge is 0.191 e. The molecule has 0 saturated carbocycles. The number of ether oxygens (including phenoxy) is 2. The quantitative estimate of drug-likeness (QED) is 0.382. The van der Waals surface area contributed by atoms with Crippen molar-refractivity contribution >= 4 is 5.96 Å². The van der Waals surface area contributed by atoms with Crippen LogP contribution in [0, 0.1) is 11.7 Å². The van der Waals surface area contributed by atoms with Crippen molar-refractivity contribution in [1.82, 2.24) is 10.6 Å². The van der Waals surface area contributed by atoms with Crippen LogP contribution >= 0.6 is 0 Å². The number of benzene rings is 1. The van der Waals surface area contributed by atoms with E-state index in [1.807, 2.05) is 13.8 Å². The third kappa shape index (κ3) is 10.2. The highest BCUT2D eigenvalue weighted by Crippen LogP contribution is 2.11. The molecule has 0 heterocycles. The fourth-order valence-electron chi connectivity index (χ4n) is 2.47. The Labute approximate surface area is 162 Å². The normalized spacial score (nSPS) is 14.1. The van der Waals surface area contributed by atoms with E-state index in [0.717, 1.165) is 19.5 Å². The van der Waals surface area contributed by atoms with Gasteiger partial charge in [0.1, 0.15) is 24.3 Å². The van der Waals surface area contributed by atoms with Crippen LogP contribution in [0.2, 0.25) is 0 Å². The molecule has 0 saturated heterocycles. The van der Waals surface area contributed by atoms with Crippen molar-refractivity contribution in [2.45, 2.75) is 46.3 Å². The largest absolute Gasteiger partial charge is 0.491 e. The molecule has 6 nitrogen and oxygen atoms in total. The number of rotatable bonds is 12. The van der Waals surface area contributed by atoms with Crippen LogP contribution in [0.25, 0.3) is 0 Å². The second-order valence-corrected chi connectivity index (χ2v) is 6.59. The number of aliphatic imine (C=N–C) groups is 1. The van der Waals surface area contributed by atoms with Gasteiger partial charge in [0.05, 0.1) is 12.6 Å². The molecule has 27 heavy (non-hydrogen) atoms. The Balaban J connectivity index is 2.41. The van der Waals surface area contributed by atoms with Crippen LogP contribution in [0.1, 0.15) is 34.1 Å². The highest BCUT2D eigenvalue weighted by molar-refractivity contribution is 5.79. The maximum atomic E-state index is 12.9. The van der Waals surface area contributed by atoms with Crippen LogP contribution < -0.4 is 15.4 Å². The summed E-state index contributed by atoms with van der Waals surface area (Å²) in [4.78, 5) is 4.39. The van der Waals surface area contributed by atoms with Crippen LogP contribution in [0.3, 0.4) is 0 Å². The van der Waals surface area contributed by atoms with Crippen molar-refractivity contribution in [3.05, 3.63) is 30.1 Å². The standard InChI is InChI=1S/C20H34FN3O3/c1-5-22-20(23-12-11-19(15(3)4)26-6-2)24-13-17(25)14-27-18-9-7-16(21)8-10-18/h7-10,15,17,19,25H,5-6,11-14H2,1-4H3,(H2,22,23,24). The zero-order valence-corrected chi connectivity index (χ0v) is 16.9. The second-order valence-electron chi connectivity index (χ2n) is 6.59. The Hall–Kier alpha value is -1.86. The number of nitrogens with one attached hydrogen (secondary N) is 2. The monoisotopic (exact) mass is 383 g/mol. The SMILES string of the molecule is CCNC(=NCC(O)COc1ccc(F)cc1)NCCC(OCC)C(C)C. The number of hydrogen-bond donors (Lipinski definition) is 3. The molecule has 154 valence electrons. The first-order valence-electron chi connectivity index (χ1n) is 9.66. The minimum atomic E-state index is -0.752. The highest BCUT2D eigenvalue weighted by Gasteiger charge is 2.13. The van der Waals surface area contributed by atoms with E-state index in [1.165, 1.54) is 24.3 Å². The van der Waals surface area contributed by atoms with Crippen molar-refractivity contribution in [2.75, 3.05) is 32.8 Å². The Bertz CT molecular complexity index is 538. The summed E-state index contributed by atoms with van der Waals surface area (Å²) in [5.74, 6) is 1.30. The van der Waals surface area contributed by atoms with Crippen molar-refractivity contribution in [3.8, 4) is 5.75 Å². The van der Waals surface area contributed by atoms with E-state index in [-0.39, 0.29) is 25.1 Å². The molecule has 0 aromatic heterocycles. The number of guanidine groups is 1. The Morgan fingerprint density at radius 1 is 1.19 bits per heavy atom. The molecule has 7 heteroatoms. The topological polar surface area (TPSA) is 75.1 Å². The van der Waals surface area contributed by atoms with Gasteiger partial charge in [0.15, 0.2) is 5.96 Å². The fourth-order valence-corrected chi connectivity index (χ4v) is 2.47. The van der Waals surface area contributed by atoms with Crippen molar-refractivity contribution in [2.24, 2.45) is 10.9 Å². The third-order valence-corrected chi connectivity index (χ3v) is 3.91. The predicted octanol–water partition coefficient (Wildman–Crippen LogP) is 2.57. The summed E-state index contributed by atoms with van der Waals surface area (Å²) in [7, 11) is 0. The predicted molar refractivity (Wildman–Crippen MR) is 107 cm³/mol. The molecule has 0 spiro atoms. The van der Waals surface area contributed by atoms with E-state index in [0.29, 0.717) is 24.2 Å². The molecule has 1 aromatic carbocycles. The Morgan fingerprint density at radius 3 is 2.48 bits per heavy atom. The van der Waals surface area contributed by atoms with E-state index < -0.39 is 6.10 Å². The summed E-state index contributed by atoms with van der Waals surface area (Å²) in [5, 5.41) is 16.5. The summed E-state index contributed by atoms with van der Waals surface area (Å²) in [5.41, 5.74) is 0. The lowest BCUT2D eigenvalue weighted by Crippen LogP contribution is -2.40. The third-order valence-electron chi connectivity index (χ3n) is 3.91. The van der Waals surface area contributed by atoms with E-state index in [2.05, 4.69) is 29.5 Å². The molecule has 0 aliphatic heterocycles. The van der Waals surface area contributed by atoms with Crippen molar-refractivity contribution < 1.29 is 19.0 Å². The number of halogens is 1. The maximum Gasteiger partial charge on any atom is 0.191 e. The minimum absolute atomic E-state index is 0.0916. The maximum absolute atomic E-state index is 12.9. The van der Waals surface area contributed by atoms with Gasteiger partial charge >= 0.3 is 0 Å². The lowest BCUT2D eigenvalue weighted by Gasteiger charge is -2.21. The van der Waals surface area contributed by atoms with Crippen molar-refractivity contribution in [3.63, 3.8) is 0 Å². The Kier molecular flexibility index (Phi) is 11.4. The first-order chi connectivity index (χ1) is 13.0. The Morgan fingerprint density at radius 2 is 1.89 bits per heavy atom. The lowest BCUT2D eigenvalue weighted by molar-refractivity contribution is 0.0258. The van der Waals surface area contributed by atoms with Crippen molar-refractivity contribution in [1.29, 1.82) is 0 Å². The fraction of sp³-hybridized carbons (Fsp3) is 0.650. The van der Waals surface area contributed by atoms with Gasteiger partial charge in [0, 0.05) is 19.7 Å². The number of hydrogen-bond acceptors (Lipinski definition) is 4. The van der Waals surface area contributed by atoms with E-state index in [9.17, 15) is 9.50 Å². The van der Waals surface area contributed by atoms with Gasteiger partial charge in [0.2, 0.25) is 0 Å². The van der Waals surface area contributed by atoms with Gasteiger partial charge < -0.3 is 25.2 Å². The van der Waals surface area contributed by atoms with Gasteiger partial charge in [-0.1, -0.05) is 13.8 Å². The van der Waals surface area contributed by atoms with Gasteiger partial charge in [-0.3, -0.25) is 4.99 Å². The zero-order valence-electron chi connectivity index (χ0n) is 16.9. The summed E-state index contributed by atoms with van der Waals surface area (Å²) in [6.07, 6.45) is 0.337. The van der Waals surface area contributed by atoms with E-state index in [1.54, 1.807) is 0 Å². The van der Waals surface area contributed by atoms with Crippen LogP contribution in [0.5, 0.6) is 5.75 Å². The van der Waals surface area contributed by atoms with E-state index >= 15 is 0 Å². The summed E-state index contributed by atoms with van der Waals surface area (Å²) < 4.78 is 24.0. The summed E-state index contributed by atoms with van der Waals surface area (Å²) >= 11 is 0.